The molecule has 1 aromatic carbocycles. The summed E-state index contributed by atoms with van der Waals surface area (Å²) in [5.41, 5.74) is 2.09. The van der Waals surface area contributed by atoms with Crippen molar-refractivity contribution in [2.75, 3.05) is 24.6 Å². The van der Waals surface area contributed by atoms with Crippen LogP contribution in [-0.4, -0.2) is 45.6 Å². The highest BCUT2D eigenvalue weighted by molar-refractivity contribution is 7.99. The third kappa shape index (κ3) is 3.68. The second-order valence-electron chi connectivity index (χ2n) is 5.36. The normalized spacial score (nSPS) is 15.0. The molecular weight excluding hydrogens is 298 g/mol. The summed E-state index contributed by atoms with van der Waals surface area (Å²) < 4.78 is 5.65. The van der Waals surface area contributed by atoms with Crippen molar-refractivity contribution in [3.63, 3.8) is 0 Å². The zero-order valence-electron chi connectivity index (χ0n) is 12.6. The van der Waals surface area contributed by atoms with Gasteiger partial charge in [-0.1, -0.05) is 17.7 Å². The first-order valence-corrected chi connectivity index (χ1v) is 8.63. The number of thioether (sulfide) groups is 1. The van der Waals surface area contributed by atoms with Gasteiger partial charge < -0.3 is 9.32 Å². The number of benzene rings is 1. The average molecular weight is 317 g/mol. The molecule has 22 heavy (non-hydrogen) atoms. The third-order valence-corrected chi connectivity index (χ3v) is 4.62. The Balaban J connectivity index is 1.57. The standard InChI is InChI=1S/C16H19N3O2S/c1-12-2-4-13(5-3-12)16-18-17-14(21-16)6-7-15(20)19-8-10-22-11-9-19/h2-5H,6-11H2,1H3. The van der Waals surface area contributed by atoms with Gasteiger partial charge >= 0.3 is 0 Å². The molecule has 0 radical (unpaired) electrons. The lowest BCUT2D eigenvalue weighted by atomic mass is 10.1. The fourth-order valence-electron chi connectivity index (χ4n) is 2.35. The number of aromatic nitrogens is 2. The van der Waals surface area contributed by atoms with E-state index in [2.05, 4.69) is 10.2 Å². The van der Waals surface area contributed by atoms with Gasteiger partial charge in [-0.2, -0.15) is 11.8 Å². The van der Waals surface area contributed by atoms with Crippen LogP contribution >= 0.6 is 11.8 Å². The molecule has 0 aliphatic carbocycles. The van der Waals surface area contributed by atoms with Gasteiger partial charge in [0.2, 0.25) is 17.7 Å². The molecule has 3 rings (SSSR count). The molecule has 0 bridgehead atoms. The Bertz CT molecular complexity index is 633. The predicted molar refractivity (Wildman–Crippen MR) is 86.7 cm³/mol. The SMILES string of the molecule is Cc1ccc(-c2nnc(CCC(=O)N3CCSCC3)o2)cc1. The van der Waals surface area contributed by atoms with E-state index < -0.39 is 0 Å². The molecule has 2 aromatic rings. The van der Waals surface area contributed by atoms with Gasteiger partial charge in [0.15, 0.2) is 0 Å². The Morgan fingerprint density at radius 1 is 1.23 bits per heavy atom. The fraction of sp³-hybridized carbons (Fsp3) is 0.438. The van der Waals surface area contributed by atoms with E-state index in [9.17, 15) is 4.79 Å². The van der Waals surface area contributed by atoms with Crippen molar-refractivity contribution in [3.8, 4) is 11.5 Å². The largest absolute Gasteiger partial charge is 0.421 e. The van der Waals surface area contributed by atoms with E-state index in [1.165, 1.54) is 5.56 Å². The van der Waals surface area contributed by atoms with E-state index in [0.29, 0.717) is 24.6 Å². The number of nitrogens with zero attached hydrogens (tertiary/aromatic N) is 3. The molecule has 1 aliphatic heterocycles. The highest BCUT2D eigenvalue weighted by atomic mass is 32.2. The third-order valence-electron chi connectivity index (χ3n) is 3.68. The summed E-state index contributed by atoms with van der Waals surface area (Å²) in [5, 5.41) is 8.10. The summed E-state index contributed by atoms with van der Waals surface area (Å²) in [5.74, 6) is 3.27. The van der Waals surface area contributed by atoms with Crippen molar-refractivity contribution in [2.24, 2.45) is 0 Å². The molecule has 0 atom stereocenters. The highest BCUT2D eigenvalue weighted by Crippen LogP contribution is 2.19. The minimum absolute atomic E-state index is 0.176. The molecule has 1 aromatic heterocycles. The number of aryl methyl sites for hydroxylation is 2. The Hall–Kier alpha value is -1.82. The number of hydrogen-bond donors (Lipinski definition) is 0. The topological polar surface area (TPSA) is 59.2 Å². The molecule has 1 fully saturated rings. The van der Waals surface area contributed by atoms with Gasteiger partial charge in [0.1, 0.15) is 0 Å². The summed E-state index contributed by atoms with van der Waals surface area (Å²) in [7, 11) is 0. The van der Waals surface area contributed by atoms with E-state index in [-0.39, 0.29) is 5.91 Å². The van der Waals surface area contributed by atoms with Crippen LogP contribution in [0.1, 0.15) is 17.9 Å². The van der Waals surface area contributed by atoms with E-state index in [0.717, 1.165) is 30.2 Å². The van der Waals surface area contributed by atoms with E-state index in [1.54, 1.807) is 0 Å². The first kappa shape index (κ1) is 15.1. The van der Waals surface area contributed by atoms with Crippen molar-refractivity contribution in [1.82, 2.24) is 15.1 Å². The Morgan fingerprint density at radius 2 is 1.95 bits per heavy atom. The summed E-state index contributed by atoms with van der Waals surface area (Å²) >= 11 is 1.90. The maximum atomic E-state index is 12.1. The van der Waals surface area contributed by atoms with Crippen LogP contribution in [-0.2, 0) is 11.2 Å². The predicted octanol–water partition coefficient (Wildman–Crippen LogP) is 2.55. The van der Waals surface area contributed by atoms with Gasteiger partial charge in [0, 0.05) is 43.0 Å². The highest BCUT2D eigenvalue weighted by Gasteiger charge is 2.17. The minimum Gasteiger partial charge on any atom is -0.421 e. The number of amides is 1. The first-order valence-electron chi connectivity index (χ1n) is 7.47. The molecule has 5 nitrogen and oxygen atoms in total. The van der Waals surface area contributed by atoms with E-state index in [1.807, 2.05) is 47.9 Å². The van der Waals surface area contributed by atoms with Crippen LogP contribution in [0.3, 0.4) is 0 Å². The summed E-state index contributed by atoms with van der Waals surface area (Å²) in [4.78, 5) is 14.0. The van der Waals surface area contributed by atoms with Crippen molar-refractivity contribution in [1.29, 1.82) is 0 Å². The molecule has 1 saturated heterocycles. The summed E-state index contributed by atoms with van der Waals surface area (Å²) in [6.45, 7) is 3.73. The minimum atomic E-state index is 0.176. The Morgan fingerprint density at radius 3 is 2.68 bits per heavy atom. The van der Waals surface area contributed by atoms with Crippen molar-refractivity contribution < 1.29 is 9.21 Å². The monoisotopic (exact) mass is 317 g/mol. The lowest BCUT2D eigenvalue weighted by Gasteiger charge is -2.26. The molecule has 0 N–H and O–H groups in total. The van der Waals surface area contributed by atoms with Gasteiger partial charge in [0.05, 0.1) is 0 Å². The number of rotatable bonds is 4. The van der Waals surface area contributed by atoms with E-state index in [4.69, 9.17) is 4.42 Å². The van der Waals surface area contributed by atoms with Crippen LogP contribution in [0.25, 0.3) is 11.5 Å². The van der Waals surface area contributed by atoms with Crippen molar-refractivity contribution >= 4 is 17.7 Å². The van der Waals surface area contributed by atoms with Crippen LogP contribution in [0.5, 0.6) is 0 Å². The van der Waals surface area contributed by atoms with Crippen LogP contribution in [0.15, 0.2) is 28.7 Å². The molecule has 0 unspecified atom stereocenters. The molecule has 0 spiro atoms. The van der Waals surface area contributed by atoms with Gasteiger partial charge in [-0.15, -0.1) is 10.2 Å². The second kappa shape index (κ2) is 6.96. The molecule has 6 heteroatoms. The van der Waals surface area contributed by atoms with Gasteiger partial charge in [-0.25, -0.2) is 0 Å². The summed E-state index contributed by atoms with van der Waals surface area (Å²) in [6.07, 6.45) is 0.932. The molecule has 2 heterocycles. The smallest absolute Gasteiger partial charge is 0.247 e. The lowest BCUT2D eigenvalue weighted by molar-refractivity contribution is -0.130. The quantitative estimate of drug-likeness (QED) is 0.867. The first-order chi connectivity index (χ1) is 10.7. The lowest BCUT2D eigenvalue weighted by Crippen LogP contribution is -2.37. The van der Waals surface area contributed by atoms with Gasteiger partial charge in [-0.05, 0) is 19.1 Å². The van der Waals surface area contributed by atoms with Crippen LogP contribution in [0.2, 0.25) is 0 Å². The second-order valence-corrected chi connectivity index (χ2v) is 6.58. The zero-order chi connectivity index (χ0) is 15.4. The van der Waals surface area contributed by atoms with Crippen molar-refractivity contribution in [3.05, 3.63) is 35.7 Å². The van der Waals surface area contributed by atoms with Crippen LogP contribution in [0.4, 0.5) is 0 Å². The zero-order valence-corrected chi connectivity index (χ0v) is 13.4. The molecule has 0 saturated carbocycles. The molecule has 1 amide bonds. The maximum Gasteiger partial charge on any atom is 0.247 e. The Kier molecular flexibility index (Phi) is 4.77. The number of hydrogen-bond acceptors (Lipinski definition) is 5. The Labute approximate surface area is 134 Å². The number of carbonyl (C=O) groups excluding carboxylic acids is 1. The average Bonchev–Trinajstić information content (AvgIpc) is 3.03. The molecule has 1 aliphatic rings. The molecule has 116 valence electrons. The van der Waals surface area contributed by atoms with Crippen LogP contribution in [0, 0.1) is 6.92 Å². The van der Waals surface area contributed by atoms with Gasteiger partial charge in [-0.3, -0.25) is 4.79 Å². The summed E-state index contributed by atoms with van der Waals surface area (Å²) in [6, 6.07) is 7.94. The van der Waals surface area contributed by atoms with Crippen LogP contribution < -0.4 is 0 Å². The maximum absolute atomic E-state index is 12.1. The molecular formula is C16H19N3O2S. The van der Waals surface area contributed by atoms with Crippen molar-refractivity contribution in [2.45, 2.75) is 19.8 Å². The van der Waals surface area contributed by atoms with E-state index >= 15 is 0 Å². The number of carbonyl (C=O) groups is 1. The van der Waals surface area contributed by atoms with Gasteiger partial charge in [0.25, 0.3) is 0 Å². The fourth-order valence-corrected chi connectivity index (χ4v) is 3.26.